The Bertz CT molecular complexity index is 287. The SMILES string of the molecule is CC(N)CCNCCc1ccccc1F. The molecule has 1 aromatic rings. The molecule has 15 heavy (non-hydrogen) atoms. The highest BCUT2D eigenvalue weighted by Gasteiger charge is 1.99. The van der Waals surface area contributed by atoms with Gasteiger partial charge in [-0.15, -0.1) is 0 Å². The second-order valence-corrected chi connectivity index (χ2v) is 3.86. The highest BCUT2D eigenvalue weighted by Crippen LogP contribution is 2.05. The van der Waals surface area contributed by atoms with Crippen molar-refractivity contribution in [2.75, 3.05) is 13.1 Å². The zero-order chi connectivity index (χ0) is 11.1. The van der Waals surface area contributed by atoms with Gasteiger partial charge >= 0.3 is 0 Å². The molecule has 0 aliphatic carbocycles. The van der Waals surface area contributed by atoms with Gasteiger partial charge in [0.25, 0.3) is 0 Å². The standard InChI is InChI=1S/C12H19FN2/c1-10(14)6-8-15-9-7-11-4-2-3-5-12(11)13/h2-5,10,15H,6-9,14H2,1H3. The van der Waals surface area contributed by atoms with Crippen molar-refractivity contribution in [3.63, 3.8) is 0 Å². The van der Waals surface area contributed by atoms with Crippen molar-refractivity contribution in [1.29, 1.82) is 0 Å². The summed E-state index contributed by atoms with van der Waals surface area (Å²) in [5.74, 6) is -0.119. The van der Waals surface area contributed by atoms with Crippen LogP contribution in [0.5, 0.6) is 0 Å². The summed E-state index contributed by atoms with van der Waals surface area (Å²) >= 11 is 0. The number of benzene rings is 1. The van der Waals surface area contributed by atoms with E-state index in [1.54, 1.807) is 6.07 Å². The molecule has 84 valence electrons. The van der Waals surface area contributed by atoms with Gasteiger partial charge in [0.05, 0.1) is 0 Å². The molecule has 0 spiro atoms. The summed E-state index contributed by atoms with van der Waals surface area (Å²) in [7, 11) is 0. The van der Waals surface area contributed by atoms with Crippen molar-refractivity contribution in [2.24, 2.45) is 5.73 Å². The predicted octanol–water partition coefficient (Wildman–Crippen LogP) is 1.70. The summed E-state index contributed by atoms with van der Waals surface area (Å²) in [5.41, 5.74) is 6.38. The van der Waals surface area contributed by atoms with Crippen LogP contribution in [0.25, 0.3) is 0 Å². The third-order valence-corrected chi connectivity index (χ3v) is 2.31. The monoisotopic (exact) mass is 210 g/mol. The van der Waals surface area contributed by atoms with Crippen LogP contribution >= 0.6 is 0 Å². The molecule has 3 heteroatoms. The van der Waals surface area contributed by atoms with Crippen molar-refractivity contribution in [3.05, 3.63) is 35.6 Å². The topological polar surface area (TPSA) is 38.0 Å². The molecule has 0 aliphatic heterocycles. The van der Waals surface area contributed by atoms with Crippen molar-refractivity contribution >= 4 is 0 Å². The van der Waals surface area contributed by atoms with E-state index in [0.717, 1.165) is 31.5 Å². The van der Waals surface area contributed by atoms with Gasteiger partial charge < -0.3 is 11.1 Å². The van der Waals surface area contributed by atoms with E-state index < -0.39 is 0 Å². The number of hydrogen-bond acceptors (Lipinski definition) is 2. The van der Waals surface area contributed by atoms with Gasteiger partial charge in [-0.25, -0.2) is 4.39 Å². The molecule has 0 saturated heterocycles. The Balaban J connectivity index is 2.18. The minimum atomic E-state index is -0.119. The fourth-order valence-electron chi connectivity index (χ4n) is 1.38. The van der Waals surface area contributed by atoms with Gasteiger partial charge in [0.15, 0.2) is 0 Å². The predicted molar refractivity (Wildman–Crippen MR) is 61.2 cm³/mol. The summed E-state index contributed by atoms with van der Waals surface area (Å²) in [4.78, 5) is 0. The van der Waals surface area contributed by atoms with Crippen LogP contribution in [0.1, 0.15) is 18.9 Å². The Morgan fingerprint density at radius 1 is 1.33 bits per heavy atom. The maximum Gasteiger partial charge on any atom is 0.126 e. The van der Waals surface area contributed by atoms with Crippen molar-refractivity contribution in [3.8, 4) is 0 Å². The molecule has 3 N–H and O–H groups in total. The maximum atomic E-state index is 13.2. The van der Waals surface area contributed by atoms with Gasteiger partial charge in [0, 0.05) is 6.04 Å². The summed E-state index contributed by atoms with van der Waals surface area (Å²) in [6.07, 6.45) is 1.68. The molecule has 0 radical (unpaired) electrons. The van der Waals surface area contributed by atoms with Crippen LogP contribution in [0.3, 0.4) is 0 Å². The average Bonchev–Trinajstić information content (AvgIpc) is 2.20. The molecule has 1 aromatic carbocycles. The molecule has 0 aromatic heterocycles. The summed E-state index contributed by atoms with van der Waals surface area (Å²) in [6.45, 7) is 3.68. The van der Waals surface area contributed by atoms with E-state index in [1.165, 1.54) is 6.07 Å². The van der Waals surface area contributed by atoms with Crippen LogP contribution in [-0.4, -0.2) is 19.1 Å². The highest BCUT2D eigenvalue weighted by molar-refractivity contribution is 5.17. The Morgan fingerprint density at radius 3 is 2.73 bits per heavy atom. The normalized spacial score (nSPS) is 12.7. The van der Waals surface area contributed by atoms with E-state index in [4.69, 9.17) is 5.73 Å². The fraction of sp³-hybridized carbons (Fsp3) is 0.500. The first kappa shape index (κ1) is 12.1. The molecule has 0 aliphatic rings. The zero-order valence-corrected chi connectivity index (χ0v) is 9.17. The van der Waals surface area contributed by atoms with E-state index in [2.05, 4.69) is 5.32 Å². The molecule has 0 saturated carbocycles. The Hall–Kier alpha value is -0.930. The van der Waals surface area contributed by atoms with Gasteiger partial charge in [-0.05, 0) is 44.5 Å². The van der Waals surface area contributed by atoms with Crippen molar-refractivity contribution < 1.29 is 4.39 Å². The molecule has 0 fully saturated rings. The molecular weight excluding hydrogens is 191 g/mol. The maximum absolute atomic E-state index is 13.2. The van der Waals surface area contributed by atoms with Gasteiger partial charge in [-0.2, -0.15) is 0 Å². The Kier molecular flexibility index (Phi) is 5.29. The van der Waals surface area contributed by atoms with Gasteiger partial charge in [-0.1, -0.05) is 18.2 Å². The van der Waals surface area contributed by atoms with E-state index in [1.807, 2.05) is 19.1 Å². The molecular formula is C12H19FN2. The van der Waals surface area contributed by atoms with Crippen LogP contribution in [-0.2, 0) is 6.42 Å². The number of halogens is 1. The molecule has 1 atom stereocenters. The van der Waals surface area contributed by atoms with Crippen LogP contribution in [0.4, 0.5) is 4.39 Å². The van der Waals surface area contributed by atoms with Crippen LogP contribution < -0.4 is 11.1 Å². The Labute approximate surface area is 90.7 Å². The lowest BCUT2D eigenvalue weighted by Crippen LogP contribution is -2.25. The van der Waals surface area contributed by atoms with Crippen molar-refractivity contribution in [1.82, 2.24) is 5.32 Å². The minimum Gasteiger partial charge on any atom is -0.328 e. The summed E-state index contributed by atoms with van der Waals surface area (Å²) in [6, 6.07) is 7.12. The van der Waals surface area contributed by atoms with E-state index in [0.29, 0.717) is 0 Å². The number of nitrogens with one attached hydrogen (secondary N) is 1. The smallest absolute Gasteiger partial charge is 0.126 e. The third kappa shape index (κ3) is 4.91. The van der Waals surface area contributed by atoms with E-state index in [9.17, 15) is 4.39 Å². The zero-order valence-electron chi connectivity index (χ0n) is 9.17. The third-order valence-electron chi connectivity index (χ3n) is 2.31. The van der Waals surface area contributed by atoms with Gasteiger partial charge in [0.1, 0.15) is 5.82 Å². The second-order valence-electron chi connectivity index (χ2n) is 3.86. The second kappa shape index (κ2) is 6.53. The molecule has 0 bridgehead atoms. The van der Waals surface area contributed by atoms with Gasteiger partial charge in [0.2, 0.25) is 0 Å². The lowest BCUT2D eigenvalue weighted by molar-refractivity contribution is 0.573. The molecule has 0 heterocycles. The quantitative estimate of drug-likeness (QED) is 0.701. The minimum absolute atomic E-state index is 0.119. The van der Waals surface area contributed by atoms with Crippen LogP contribution in [0.15, 0.2) is 24.3 Å². The van der Waals surface area contributed by atoms with Crippen LogP contribution in [0.2, 0.25) is 0 Å². The van der Waals surface area contributed by atoms with Gasteiger partial charge in [-0.3, -0.25) is 0 Å². The van der Waals surface area contributed by atoms with E-state index >= 15 is 0 Å². The number of nitrogens with two attached hydrogens (primary N) is 1. The molecule has 1 rings (SSSR count). The van der Waals surface area contributed by atoms with Crippen molar-refractivity contribution in [2.45, 2.75) is 25.8 Å². The summed E-state index contributed by atoms with van der Waals surface area (Å²) < 4.78 is 13.2. The first-order valence-electron chi connectivity index (χ1n) is 5.40. The first-order chi connectivity index (χ1) is 7.20. The molecule has 0 amide bonds. The lowest BCUT2D eigenvalue weighted by atomic mass is 10.1. The molecule has 1 unspecified atom stereocenters. The first-order valence-corrected chi connectivity index (χ1v) is 5.40. The number of rotatable bonds is 6. The fourth-order valence-corrected chi connectivity index (χ4v) is 1.38. The number of hydrogen-bond donors (Lipinski definition) is 2. The average molecular weight is 210 g/mol. The largest absolute Gasteiger partial charge is 0.328 e. The van der Waals surface area contributed by atoms with E-state index in [-0.39, 0.29) is 11.9 Å². The Morgan fingerprint density at radius 2 is 2.07 bits per heavy atom. The lowest BCUT2D eigenvalue weighted by Gasteiger charge is -2.07. The summed E-state index contributed by atoms with van der Waals surface area (Å²) in [5, 5.41) is 3.25. The van der Waals surface area contributed by atoms with Crippen LogP contribution in [0, 0.1) is 5.82 Å². The molecule has 2 nitrogen and oxygen atoms in total. The highest BCUT2D eigenvalue weighted by atomic mass is 19.1.